The van der Waals surface area contributed by atoms with Crippen molar-refractivity contribution in [3.8, 4) is 0 Å². The molecule has 0 radical (unpaired) electrons. The number of carbonyl (C=O) groups is 1. The number of ether oxygens (including phenoxy) is 1. The first kappa shape index (κ1) is 19.4. The monoisotopic (exact) mass is 349 g/mol. The number of amides is 1. The van der Waals surface area contributed by atoms with E-state index < -0.39 is 5.60 Å². The number of hydrogen-bond acceptors (Lipinski definition) is 5. The Hall–Kier alpha value is -1.89. The summed E-state index contributed by atoms with van der Waals surface area (Å²) >= 11 is 0. The van der Waals surface area contributed by atoms with Crippen LogP contribution in [0.5, 0.6) is 0 Å². The maximum absolute atomic E-state index is 12.2. The molecule has 0 bridgehead atoms. The summed E-state index contributed by atoms with van der Waals surface area (Å²) in [6, 6.07) is 0. The molecule has 0 aromatic rings. The molecule has 1 saturated heterocycles. The molecule has 1 aliphatic carbocycles. The van der Waals surface area contributed by atoms with Crippen LogP contribution in [0.15, 0.2) is 21.8 Å². The van der Waals surface area contributed by atoms with Gasteiger partial charge in [-0.05, 0) is 46.2 Å². The van der Waals surface area contributed by atoms with Crippen LogP contribution >= 0.6 is 0 Å². The largest absolute Gasteiger partial charge is 0.444 e. The van der Waals surface area contributed by atoms with E-state index >= 15 is 0 Å². The van der Waals surface area contributed by atoms with E-state index in [4.69, 9.17) is 4.74 Å². The number of hydrogen-bond donors (Lipinski definition) is 2. The molecule has 7 heteroatoms. The van der Waals surface area contributed by atoms with Crippen LogP contribution in [0.4, 0.5) is 4.79 Å². The van der Waals surface area contributed by atoms with Crippen molar-refractivity contribution in [2.75, 3.05) is 33.7 Å². The standard InChI is InChI=1S/C18H31N5O2/c1-17(2,3)25-16(24)23-8-7-18(9-14(18)12-23)22-11-13(10-19-4)15(20-5)21-6/h10,14,22H,4,7-9,11-12H2,1-3,5-6H3,(H,20,21)/b13-10-. The van der Waals surface area contributed by atoms with E-state index in [9.17, 15) is 4.79 Å². The highest BCUT2D eigenvalue weighted by atomic mass is 16.6. The summed E-state index contributed by atoms with van der Waals surface area (Å²) in [6.07, 6.45) is 3.54. The predicted octanol–water partition coefficient (Wildman–Crippen LogP) is 1.81. The topological polar surface area (TPSA) is 78.3 Å². The maximum Gasteiger partial charge on any atom is 0.410 e. The number of rotatable bonds is 5. The van der Waals surface area contributed by atoms with Gasteiger partial charge in [-0.1, -0.05) is 0 Å². The second-order valence-electron chi connectivity index (χ2n) is 7.75. The minimum absolute atomic E-state index is 0.116. The molecule has 0 aromatic carbocycles. The number of likely N-dealkylation sites (tertiary alicyclic amines) is 1. The van der Waals surface area contributed by atoms with E-state index in [0.29, 0.717) is 12.5 Å². The lowest BCUT2D eigenvalue weighted by Gasteiger charge is -2.33. The van der Waals surface area contributed by atoms with Crippen LogP contribution in [0.3, 0.4) is 0 Å². The molecule has 2 fully saturated rings. The van der Waals surface area contributed by atoms with E-state index in [1.165, 1.54) is 0 Å². The first-order valence-electron chi connectivity index (χ1n) is 8.77. The quantitative estimate of drug-likeness (QED) is 0.586. The van der Waals surface area contributed by atoms with Gasteiger partial charge in [-0.2, -0.15) is 0 Å². The van der Waals surface area contributed by atoms with E-state index in [0.717, 1.165) is 37.3 Å². The second kappa shape index (κ2) is 7.56. The van der Waals surface area contributed by atoms with E-state index in [-0.39, 0.29) is 11.6 Å². The SMILES string of the molecule is C=N/C=C(/CNC12CCN(C(=O)OC(C)(C)C)CC1C2)C(=NC)NC. The Balaban J connectivity index is 1.90. The highest BCUT2D eigenvalue weighted by molar-refractivity contribution is 5.98. The molecular formula is C18H31N5O2. The van der Waals surface area contributed by atoms with Crippen molar-refractivity contribution < 1.29 is 9.53 Å². The van der Waals surface area contributed by atoms with Crippen molar-refractivity contribution in [1.29, 1.82) is 0 Å². The van der Waals surface area contributed by atoms with Gasteiger partial charge in [-0.25, -0.2) is 4.79 Å². The fraction of sp³-hybridized carbons (Fsp3) is 0.722. The highest BCUT2D eigenvalue weighted by Crippen LogP contribution is 2.49. The smallest absolute Gasteiger partial charge is 0.410 e. The summed E-state index contributed by atoms with van der Waals surface area (Å²) in [6.45, 7) is 11.4. The van der Waals surface area contributed by atoms with Crippen LogP contribution in [0.2, 0.25) is 0 Å². The molecule has 2 aliphatic rings. The van der Waals surface area contributed by atoms with Crippen molar-refractivity contribution in [2.45, 2.75) is 44.8 Å². The number of fused-ring (bicyclic) bond motifs is 1. The average Bonchev–Trinajstić information content (AvgIpc) is 3.25. The minimum Gasteiger partial charge on any atom is -0.444 e. The summed E-state index contributed by atoms with van der Waals surface area (Å²) in [5.41, 5.74) is 0.647. The number of aliphatic imine (C=N–C) groups is 2. The third-order valence-corrected chi connectivity index (χ3v) is 4.79. The Morgan fingerprint density at radius 1 is 1.48 bits per heavy atom. The summed E-state index contributed by atoms with van der Waals surface area (Å²) in [7, 11) is 3.59. The first-order chi connectivity index (χ1) is 11.7. The Morgan fingerprint density at radius 3 is 2.72 bits per heavy atom. The van der Waals surface area contributed by atoms with Gasteiger partial charge in [-0.15, -0.1) is 0 Å². The highest BCUT2D eigenvalue weighted by Gasteiger charge is 2.57. The van der Waals surface area contributed by atoms with E-state index in [1.54, 1.807) is 13.2 Å². The van der Waals surface area contributed by atoms with Crippen molar-refractivity contribution in [1.82, 2.24) is 15.5 Å². The first-order valence-corrected chi connectivity index (χ1v) is 8.77. The lowest BCUT2D eigenvalue weighted by atomic mass is 10.0. The maximum atomic E-state index is 12.2. The molecule has 2 N–H and O–H groups in total. The number of likely N-dealkylation sites (N-methyl/N-ethyl adjacent to an activating group) is 1. The fourth-order valence-corrected chi connectivity index (χ4v) is 3.40. The summed E-state index contributed by atoms with van der Waals surface area (Å²) in [5, 5.41) is 6.74. The van der Waals surface area contributed by atoms with Crippen molar-refractivity contribution in [3.63, 3.8) is 0 Å². The molecule has 140 valence electrons. The Labute approximate surface area is 150 Å². The number of carbonyl (C=O) groups excluding carboxylic acids is 1. The van der Waals surface area contributed by atoms with Gasteiger partial charge in [-0.3, -0.25) is 9.98 Å². The van der Waals surface area contributed by atoms with Crippen LogP contribution < -0.4 is 10.6 Å². The van der Waals surface area contributed by atoms with Gasteiger partial charge in [0, 0.05) is 51.0 Å². The molecule has 2 rings (SSSR count). The number of amidine groups is 1. The molecule has 2 unspecified atom stereocenters. The van der Waals surface area contributed by atoms with Gasteiger partial charge in [0.05, 0.1) is 0 Å². The van der Waals surface area contributed by atoms with Crippen molar-refractivity contribution in [2.24, 2.45) is 15.9 Å². The predicted molar refractivity (Wildman–Crippen MR) is 101 cm³/mol. The summed E-state index contributed by atoms with van der Waals surface area (Å²) < 4.78 is 5.48. The molecule has 1 amide bonds. The number of nitrogens with one attached hydrogen (secondary N) is 2. The molecule has 1 heterocycles. The van der Waals surface area contributed by atoms with Crippen molar-refractivity contribution >= 4 is 18.6 Å². The van der Waals surface area contributed by atoms with Gasteiger partial charge in [0.2, 0.25) is 0 Å². The molecule has 1 aliphatic heterocycles. The zero-order valence-electron chi connectivity index (χ0n) is 16.1. The van der Waals surface area contributed by atoms with E-state index in [2.05, 4.69) is 27.3 Å². The van der Waals surface area contributed by atoms with Crippen LogP contribution in [-0.4, -0.2) is 68.4 Å². The fourth-order valence-electron chi connectivity index (χ4n) is 3.40. The van der Waals surface area contributed by atoms with Gasteiger partial charge in [0.1, 0.15) is 11.4 Å². The van der Waals surface area contributed by atoms with Gasteiger partial charge in [0.25, 0.3) is 0 Å². The molecule has 0 aromatic heterocycles. The Morgan fingerprint density at radius 2 is 2.20 bits per heavy atom. The molecule has 7 nitrogen and oxygen atoms in total. The third kappa shape index (κ3) is 4.81. The van der Waals surface area contributed by atoms with Gasteiger partial charge >= 0.3 is 6.09 Å². The van der Waals surface area contributed by atoms with Crippen LogP contribution in [-0.2, 0) is 4.74 Å². The number of nitrogens with zero attached hydrogens (tertiary/aromatic N) is 3. The Bertz CT molecular complexity index is 579. The lowest BCUT2D eigenvalue weighted by molar-refractivity contribution is 0.0193. The summed E-state index contributed by atoms with van der Waals surface area (Å²) in [5.74, 6) is 1.28. The van der Waals surface area contributed by atoms with E-state index in [1.807, 2.05) is 32.7 Å². The second-order valence-corrected chi connectivity index (χ2v) is 7.75. The third-order valence-electron chi connectivity index (χ3n) is 4.79. The lowest BCUT2D eigenvalue weighted by Crippen LogP contribution is -2.48. The van der Waals surface area contributed by atoms with Gasteiger partial charge < -0.3 is 20.3 Å². The van der Waals surface area contributed by atoms with Crippen LogP contribution in [0.1, 0.15) is 33.6 Å². The normalized spacial score (nSPS) is 26.8. The van der Waals surface area contributed by atoms with Crippen LogP contribution in [0, 0.1) is 5.92 Å². The summed E-state index contributed by atoms with van der Waals surface area (Å²) in [4.78, 5) is 22.2. The molecule has 0 spiro atoms. The Kier molecular flexibility index (Phi) is 5.87. The molecule has 2 atom stereocenters. The minimum atomic E-state index is -0.451. The number of piperidine rings is 1. The molecular weight excluding hydrogens is 318 g/mol. The van der Waals surface area contributed by atoms with Gasteiger partial charge in [0.15, 0.2) is 0 Å². The molecule has 1 saturated carbocycles. The zero-order chi connectivity index (χ0) is 18.7. The van der Waals surface area contributed by atoms with Crippen molar-refractivity contribution in [3.05, 3.63) is 11.8 Å². The average molecular weight is 349 g/mol. The van der Waals surface area contributed by atoms with Crippen LogP contribution in [0.25, 0.3) is 0 Å². The molecule has 25 heavy (non-hydrogen) atoms. The zero-order valence-corrected chi connectivity index (χ0v) is 16.1.